The van der Waals surface area contributed by atoms with E-state index in [-0.39, 0.29) is 5.56 Å². The van der Waals surface area contributed by atoms with E-state index < -0.39 is 0 Å². The molecule has 3 rings (SSSR count). The van der Waals surface area contributed by atoms with Crippen LogP contribution in [0.5, 0.6) is 0 Å². The van der Waals surface area contributed by atoms with Crippen LogP contribution in [0.1, 0.15) is 16.8 Å². The second-order valence-electron chi connectivity index (χ2n) is 4.57. The summed E-state index contributed by atoms with van der Waals surface area (Å²) < 4.78 is 2.85. The molecule has 0 spiro atoms. The van der Waals surface area contributed by atoms with Gasteiger partial charge in [0, 0.05) is 34.4 Å². The Bertz CT molecular complexity index is 679. The first-order valence-corrected chi connectivity index (χ1v) is 7.90. The topological polar surface area (TPSA) is 34.9 Å². The third-order valence-corrected chi connectivity index (χ3v) is 4.76. The van der Waals surface area contributed by atoms with Crippen molar-refractivity contribution in [2.24, 2.45) is 0 Å². The molecule has 0 saturated carbocycles. The van der Waals surface area contributed by atoms with Crippen molar-refractivity contribution in [1.29, 1.82) is 0 Å². The fraction of sp³-hybridized carbons (Fsp3) is 0.286. The van der Waals surface area contributed by atoms with E-state index in [0.717, 1.165) is 38.7 Å². The van der Waals surface area contributed by atoms with E-state index in [0.29, 0.717) is 6.42 Å². The predicted octanol–water partition coefficient (Wildman–Crippen LogP) is 3.01. The lowest BCUT2D eigenvalue weighted by molar-refractivity contribution is 0.638. The smallest absolute Gasteiger partial charge is 0.257 e. The van der Waals surface area contributed by atoms with E-state index in [1.54, 1.807) is 16.3 Å². The number of nitrogens with zero attached hydrogens (tertiary/aromatic N) is 2. The minimum Gasteiger partial charge on any atom is -0.287 e. The van der Waals surface area contributed by atoms with Gasteiger partial charge in [0.25, 0.3) is 5.56 Å². The number of thioether (sulfide) groups is 1. The van der Waals surface area contributed by atoms with Crippen molar-refractivity contribution in [3.8, 4) is 0 Å². The Balaban J connectivity index is 2.02. The summed E-state index contributed by atoms with van der Waals surface area (Å²) in [6, 6.07) is 8.07. The summed E-state index contributed by atoms with van der Waals surface area (Å²) in [6.45, 7) is 2.70. The van der Waals surface area contributed by atoms with E-state index >= 15 is 0 Å². The summed E-state index contributed by atoms with van der Waals surface area (Å²) in [5.41, 5.74) is 2.92. The van der Waals surface area contributed by atoms with E-state index in [1.165, 1.54) is 0 Å². The van der Waals surface area contributed by atoms with Gasteiger partial charge in [-0.05, 0) is 24.6 Å². The third-order valence-electron chi connectivity index (χ3n) is 3.27. The third kappa shape index (κ3) is 2.49. The molecule has 0 amide bonds. The van der Waals surface area contributed by atoms with Crippen molar-refractivity contribution in [3.05, 3.63) is 55.9 Å². The number of benzene rings is 1. The van der Waals surface area contributed by atoms with Gasteiger partial charge >= 0.3 is 0 Å². The second kappa shape index (κ2) is 5.13. The van der Waals surface area contributed by atoms with Crippen LogP contribution < -0.4 is 5.56 Å². The van der Waals surface area contributed by atoms with Crippen LogP contribution in [0.25, 0.3) is 0 Å². The first kappa shape index (κ1) is 12.9. The van der Waals surface area contributed by atoms with Crippen LogP contribution in [0.15, 0.2) is 38.7 Å². The van der Waals surface area contributed by atoms with Gasteiger partial charge in [-0.3, -0.25) is 9.36 Å². The summed E-state index contributed by atoms with van der Waals surface area (Å²) in [6.07, 6.45) is 0.649. The van der Waals surface area contributed by atoms with Crippen LogP contribution in [0.4, 0.5) is 0 Å². The lowest BCUT2D eigenvalue weighted by Crippen LogP contribution is -2.25. The van der Waals surface area contributed by atoms with Gasteiger partial charge < -0.3 is 0 Å². The van der Waals surface area contributed by atoms with Gasteiger partial charge in [0.1, 0.15) is 0 Å². The molecule has 0 N–H and O–H groups in total. The predicted molar refractivity (Wildman–Crippen MR) is 80.9 cm³/mol. The van der Waals surface area contributed by atoms with E-state index in [1.807, 2.05) is 31.2 Å². The molecule has 1 aromatic heterocycles. The van der Waals surface area contributed by atoms with Crippen molar-refractivity contribution in [1.82, 2.24) is 9.55 Å². The summed E-state index contributed by atoms with van der Waals surface area (Å²) in [4.78, 5) is 17.0. The molecular weight excluding hydrogens is 324 g/mol. The Hall–Kier alpha value is -1.07. The SMILES string of the molecule is Cc1nc2n(c(=O)c1Cc1ccc(Br)cc1)CCS2. The molecular formula is C14H13BrN2OS. The quantitative estimate of drug-likeness (QED) is 0.790. The van der Waals surface area contributed by atoms with Crippen molar-refractivity contribution < 1.29 is 0 Å². The van der Waals surface area contributed by atoms with Crippen LogP contribution in [-0.2, 0) is 13.0 Å². The second-order valence-corrected chi connectivity index (χ2v) is 6.54. The molecule has 3 nitrogen and oxygen atoms in total. The number of aromatic nitrogens is 2. The lowest BCUT2D eigenvalue weighted by Gasteiger charge is -2.09. The zero-order valence-electron chi connectivity index (χ0n) is 10.5. The zero-order valence-corrected chi connectivity index (χ0v) is 12.9. The Morgan fingerprint density at radius 3 is 2.84 bits per heavy atom. The van der Waals surface area contributed by atoms with Gasteiger partial charge in [-0.25, -0.2) is 4.98 Å². The minimum atomic E-state index is 0.121. The van der Waals surface area contributed by atoms with Gasteiger partial charge in [0.15, 0.2) is 5.16 Å². The van der Waals surface area contributed by atoms with Gasteiger partial charge in [-0.1, -0.05) is 39.8 Å². The highest BCUT2D eigenvalue weighted by Crippen LogP contribution is 2.23. The molecule has 19 heavy (non-hydrogen) atoms. The molecule has 0 atom stereocenters. The van der Waals surface area contributed by atoms with Gasteiger partial charge in [-0.2, -0.15) is 0 Å². The molecule has 0 saturated heterocycles. The monoisotopic (exact) mass is 336 g/mol. The Morgan fingerprint density at radius 2 is 2.11 bits per heavy atom. The van der Waals surface area contributed by atoms with Crippen LogP contribution in [-0.4, -0.2) is 15.3 Å². The molecule has 0 unspecified atom stereocenters. The molecule has 0 fully saturated rings. The van der Waals surface area contributed by atoms with Crippen molar-refractivity contribution in [2.75, 3.05) is 5.75 Å². The molecule has 1 aliphatic rings. The average molecular weight is 337 g/mol. The highest BCUT2D eigenvalue weighted by atomic mass is 79.9. The fourth-order valence-electron chi connectivity index (χ4n) is 2.22. The molecule has 1 aromatic carbocycles. The van der Waals surface area contributed by atoms with Crippen LogP contribution in [0.3, 0.4) is 0 Å². The van der Waals surface area contributed by atoms with Gasteiger partial charge in [-0.15, -0.1) is 0 Å². The summed E-state index contributed by atoms with van der Waals surface area (Å²) in [5, 5.41) is 0.863. The number of fused-ring (bicyclic) bond motifs is 1. The lowest BCUT2D eigenvalue weighted by atomic mass is 10.1. The van der Waals surface area contributed by atoms with Crippen molar-refractivity contribution in [2.45, 2.75) is 25.0 Å². The Labute approximate surface area is 124 Å². The highest BCUT2D eigenvalue weighted by molar-refractivity contribution is 9.10. The van der Waals surface area contributed by atoms with Crippen LogP contribution >= 0.6 is 27.7 Å². The van der Waals surface area contributed by atoms with Gasteiger partial charge in [0.2, 0.25) is 0 Å². The van der Waals surface area contributed by atoms with E-state index in [2.05, 4.69) is 20.9 Å². The number of hydrogen-bond donors (Lipinski definition) is 0. The van der Waals surface area contributed by atoms with Crippen LogP contribution in [0, 0.1) is 6.92 Å². The molecule has 2 aromatic rings. The molecule has 1 aliphatic heterocycles. The maximum atomic E-state index is 12.5. The minimum absolute atomic E-state index is 0.121. The number of rotatable bonds is 2. The highest BCUT2D eigenvalue weighted by Gasteiger charge is 2.18. The largest absolute Gasteiger partial charge is 0.287 e. The van der Waals surface area contributed by atoms with Gasteiger partial charge in [0.05, 0.1) is 0 Å². The van der Waals surface area contributed by atoms with E-state index in [9.17, 15) is 4.79 Å². The van der Waals surface area contributed by atoms with Crippen LogP contribution in [0.2, 0.25) is 0 Å². The molecule has 0 bridgehead atoms. The zero-order chi connectivity index (χ0) is 13.4. The summed E-state index contributed by atoms with van der Waals surface area (Å²) in [5.74, 6) is 0.948. The first-order valence-electron chi connectivity index (χ1n) is 6.13. The van der Waals surface area contributed by atoms with Crippen molar-refractivity contribution in [3.63, 3.8) is 0 Å². The Morgan fingerprint density at radius 1 is 1.37 bits per heavy atom. The molecule has 98 valence electrons. The number of hydrogen-bond acceptors (Lipinski definition) is 3. The molecule has 0 aliphatic carbocycles. The maximum Gasteiger partial charge on any atom is 0.257 e. The number of halogens is 1. The average Bonchev–Trinajstić information content (AvgIpc) is 2.85. The van der Waals surface area contributed by atoms with Crippen molar-refractivity contribution >= 4 is 27.7 Å². The molecule has 0 radical (unpaired) electrons. The van der Waals surface area contributed by atoms with E-state index in [4.69, 9.17) is 0 Å². The molecule has 5 heteroatoms. The molecule has 2 heterocycles. The summed E-state index contributed by atoms with van der Waals surface area (Å²) >= 11 is 5.08. The Kier molecular flexibility index (Phi) is 3.50. The fourth-order valence-corrected chi connectivity index (χ4v) is 3.47. The summed E-state index contributed by atoms with van der Waals surface area (Å²) in [7, 11) is 0. The number of aryl methyl sites for hydroxylation is 1. The normalized spacial score (nSPS) is 13.6. The standard InChI is InChI=1S/C14H13BrN2OS/c1-9-12(8-10-2-4-11(15)5-3-10)13(18)17-6-7-19-14(17)16-9/h2-5H,6-8H2,1H3. The maximum absolute atomic E-state index is 12.5. The first-order chi connectivity index (χ1) is 9.15.